The highest BCUT2D eigenvalue weighted by Gasteiger charge is 2.21. The second-order valence-corrected chi connectivity index (χ2v) is 3.36. The standard InChI is InChI=1S/C9H17N2O/c1-2-4-8-5-3-6-11(7-8)9(10)12/h2-7H2,1H3,(H2,10,12). The molecule has 0 aromatic rings. The lowest BCUT2D eigenvalue weighted by atomic mass is 9.94. The molecule has 69 valence electrons. The fourth-order valence-corrected chi connectivity index (χ4v) is 1.69. The van der Waals surface area contributed by atoms with Crippen molar-refractivity contribution in [3.63, 3.8) is 0 Å². The van der Waals surface area contributed by atoms with E-state index in [-0.39, 0.29) is 6.03 Å². The van der Waals surface area contributed by atoms with Crippen LogP contribution in [-0.2, 0) is 0 Å². The van der Waals surface area contributed by atoms with Crippen LogP contribution in [0.25, 0.3) is 0 Å². The Labute approximate surface area is 73.9 Å². The third kappa shape index (κ3) is 2.40. The van der Waals surface area contributed by atoms with Crippen LogP contribution in [-0.4, -0.2) is 24.0 Å². The van der Waals surface area contributed by atoms with E-state index in [4.69, 9.17) is 5.73 Å². The van der Waals surface area contributed by atoms with Crippen molar-refractivity contribution in [3.05, 3.63) is 5.92 Å². The van der Waals surface area contributed by atoms with Gasteiger partial charge in [0, 0.05) is 13.1 Å². The predicted octanol–water partition coefficient (Wildman–Crippen LogP) is 1.54. The van der Waals surface area contributed by atoms with E-state index >= 15 is 0 Å². The Morgan fingerprint density at radius 2 is 2.42 bits per heavy atom. The zero-order valence-corrected chi connectivity index (χ0v) is 7.68. The quantitative estimate of drug-likeness (QED) is 0.669. The predicted molar refractivity (Wildman–Crippen MR) is 48.5 cm³/mol. The minimum Gasteiger partial charge on any atom is -0.351 e. The molecule has 1 aliphatic rings. The lowest BCUT2D eigenvalue weighted by Crippen LogP contribution is -2.42. The summed E-state index contributed by atoms with van der Waals surface area (Å²) in [5.74, 6) is 1.47. The molecule has 0 aromatic carbocycles. The highest BCUT2D eigenvalue weighted by molar-refractivity contribution is 5.72. The summed E-state index contributed by atoms with van der Waals surface area (Å²) in [7, 11) is 0. The first-order chi connectivity index (χ1) is 5.74. The van der Waals surface area contributed by atoms with E-state index in [1.165, 1.54) is 18.8 Å². The van der Waals surface area contributed by atoms with Crippen molar-refractivity contribution in [1.82, 2.24) is 4.90 Å². The van der Waals surface area contributed by atoms with E-state index in [1.54, 1.807) is 4.90 Å². The number of carbonyl (C=O) groups is 1. The Hall–Kier alpha value is -0.730. The molecule has 1 heterocycles. The number of hydrogen-bond donors (Lipinski definition) is 1. The lowest BCUT2D eigenvalue weighted by molar-refractivity contribution is 0.199. The number of urea groups is 1. The molecule has 0 aromatic heterocycles. The highest BCUT2D eigenvalue weighted by atomic mass is 16.2. The first-order valence-corrected chi connectivity index (χ1v) is 4.62. The summed E-state index contributed by atoms with van der Waals surface area (Å²) < 4.78 is 0. The maximum Gasteiger partial charge on any atom is 0.314 e. The van der Waals surface area contributed by atoms with Gasteiger partial charge in [0.05, 0.1) is 0 Å². The van der Waals surface area contributed by atoms with Crippen molar-refractivity contribution in [2.24, 2.45) is 5.73 Å². The molecule has 1 radical (unpaired) electrons. The SMILES string of the molecule is CCC[C]1CCCN(C(N)=O)C1. The molecule has 1 aliphatic heterocycles. The van der Waals surface area contributed by atoms with E-state index in [0.717, 1.165) is 25.9 Å². The summed E-state index contributed by atoms with van der Waals surface area (Å²) in [5.41, 5.74) is 5.20. The van der Waals surface area contributed by atoms with Crippen LogP contribution in [0.2, 0.25) is 0 Å². The maximum absolute atomic E-state index is 10.8. The van der Waals surface area contributed by atoms with Crippen LogP contribution >= 0.6 is 0 Å². The van der Waals surface area contributed by atoms with Crippen molar-refractivity contribution in [2.75, 3.05) is 13.1 Å². The van der Waals surface area contributed by atoms with E-state index < -0.39 is 0 Å². The van der Waals surface area contributed by atoms with Gasteiger partial charge in [0.1, 0.15) is 0 Å². The van der Waals surface area contributed by atoms with Crippen molar-refractivity contribution >= 4 is 6.03 Å². The molecule has 2 amide bonds. The molecular formula is C9H17N2O. The number of nitrogens with zero attached hydrogens (tertiary/aromatic N) is 1. The van der Waals surface area contributed by atoms with Crippen molar-refractivity contribution in [3.8, 4) is 0 Å². The molecule has 12 heavy (non-hydrogen) atoms. The van der Waals surface area contributed by atoms with Crippen LogP contribution < -0.4 is 5.73 Å². The fraction of sp³-hybridized carbons (Fsp3) is 0.778. The van der Waals surface area contributed by atoms with E-state index in [0.29, 0.717) is 0 Å². The van der Waals surface area contributed by atoms with E-state index in [1.807, 2.05) is 0 Å². The monoisotopic (exact) mass is 169 g/mol. The van der Waals surface area contributed by atoms with Crippen LogP contribution in [0.15, 0.2) is 0 Å². The molecule has 0 atom stereocenters. The smallest absolute Gasteiger partial charge is 0.314 e. The number of primary amides is 1. The van der Waals surface area contributed by atoms with E-state index in [2.05, 4.69) is 6.92 Å². The number of rotatable bonds is 2. The Morgan fingerprint density at radius 3 is 3.00 bits per heavy atom. The number of piperidine rings is 1. The molecular weight excluding hydrogens is 152 g/mol. The summed E-state index contributed by atoms with van der Waals surface area (Å²) in [6, 6.07) is -0.275. The minimum absolute atomic E-state index is 0.275. The van der Waals surface area contributed by atoms with Gasteiger partial charge in [-0.2, -0.15) is 0 Å². The average Bonchev–Trinajstić information content (AvgIpc) is 2.05. The van der Waals surface area contributed by atoms with Crippen molar-refractivity contribution in [1.29, 1.82) is 0 Å². The van der Waals surface area contributed by atoms with Crippen LogP contribution in [0, 0.1) is 5.92 Å². The highest BCUT2D eigenvalue weighted by Crippen LogP contribution is 2.22. The molecule has 0 bridgehead atoms. The van der Waals surface area contributed by atoms with Crippen LogP contribution in [0.3, 0.4) is 0 Å². The van der Waals surface area contributed by atoms with Gasteiger partial charge in [-0.05, 0) is 25.2 Å². The minimum atomic E-state index is -0.275. The summed E-state index contributed by atoms with van der Waals surface area (Å²) in [6.07, 6.45) is 4.57. The second kappa shape index (κ2) is 4.33. The Balaban J connectivity index is 2.35. The van der Waals surface area contributed by atoms with Gasteiger partial charge in [-0.1, -0.05) is 13.3 Å². The largest absolute Gasteiger partial charge is 0.351 e. The van der Waals surface area contributed by atoms with Crippen molar-refractivity contribution in [2.45, 2.75) is 32.6 Å². The number of hydrogen-bond acceptors (Lipinski definition) is 1. The van der Waals surface area contributed by atoms with Gasteiger partial charge in [0.2, 0.25) is 0 Å². The van der Waals surface area contributed by atoms with Crippen LogP contribution in [0.4, 0.5) is 4.79 Å². The first-order valence-electron chi connectivity index (χ1n) is 4.62. The zero-order valence-electron chi connectivity index (χ0n) is 7.68. The van der Waals surface area contributed by atoms with Crippen LogP contribution in [0.5, 0.6) is 0 Å². The molecule has 3 heteroatoms. The van der Waals surface area contributed by atoms with Gasteiger partial charge in [-0.3, -0.25) is 0 Å². The Bertz CT molecular complexity index is 157. The lowest BCUT2D eigenvalue weighted by Gasteiger charge is -2.30. The first kappa shape index (κ1) is 9.36. The third-order valence-corrected chi connectivity index (χ3v) is 2.29. The number of likely N-dealkylation sites (tertiary alicyclic amines) is 1. The topological polar surface area (TPSA) is 46.3 Å². The van der Waals surface area contributed by atoms with Gasteiger partial charge < -0.3 is 10.6 Å². The fourth-order valence-electron chi connectivity index (χ4n) is 1.69. The molecule has 1 saturated heterocycles. The van der Waals surface area contributed by atoms with Gasteiger partial charge >= 0.3 is 6.03 Å². The third-order valence-electron chi connectivity index (χ3n) is 2.29. The molecule has 0 aliphatic carbocycles. The molecule has 3 nitrogen and oxygen atoms in total. The number of carbonyl (C=O) groups excluding carboxylic acids is 1. The summed E-state index contributed by atoms with van der Waals surface area (Å²) in [5, 5.41) is 0. The second-order valence-electron chi connectivity index (χ2n) is 3.36. The zero-order chi connectivity index (χ0) is 8.97. The van der Waals surface area contributed by atoms with Gasteiger partial charge in [0.25, 0.3) is 0 Å². The van der Waals surface area contributed by atoms with Gasteiger partial charge in [-0.15, -0.1) is 0 Å². The maximum atomic E-state index is 10.8. The molecule has 0 saturated carbocycles. The number of amides is 2. The Morgan fingerprint density at radius 1 is 1.67 bits per heavy atom. The molecule has 2 N–H and O–H groups in total. The summed E-state index contributed by atoms with van der Waals surface area (Å²) in [4.78, 5) is 12.6. The van der Waals surface area contributed by atoms with Gasteiger partial charge in [-0.25, -0.2) is 4.79 Å². The van der Waals surface area contributed by atoms with Crippen molar-refractivity contribution < 1.29 is 4.79 Å². The Kier molecular flexibility index (Phi) is 3.38. The summed E-state index contributed by atoms with van der Waals surface area (Å²) in [6.45, 7) is 3.79. The van der Waals surface area contributed by atoms with Gasteiger partial charge in [0.15, 0.2) is 0 Å². The number of nitrogens with two attached hydrogens (primary N) is 1. The molecule has 0 spiro atoms. The van der Waals surface area contributed by atoms with Crippen LogP contribution in [0.1, 0.15) is 32.6 Å². The average molecular weight is 169 g/mol. The normalized spacial score (nSPS) is 19.6. The molecule has 1 fully saturated rings. The summed E-state index contributed by atoms with van der Waals surface area (Å²) >= 11 is 0. The van der Waals surface area contributed by atoms with E-state index in [9.17, 15) is 4.79 Å². The molecule has 1 rings (SSSR count). The molecule has 0 unspecified atom stereocenters.